The third-order valence-corrected chi connectivity index (χ3v) is 8.72. The van der Waals surface area contributed by atoms with Gasteiger partial charge in [-0.2, -0.15) is 26.3 Å². The summed E-state index contributed by atoms with van der Waals surface area (Å²) < 4.78 is 109. The van der Waals surface area contributed by atoms with Crippen LogP contribution in [0.4, 0.5) is 30.7 Å². The number of fused-ring (bicyclic) bond motifs is 2. The molecule has 7 nitrogen and oxygen atoms in total. The van der Waals surface area contributed by atoms with Crippen LogP contribution in [-0.2, 0) is 55.4 Å². The lowest BCUT2D eigenvalue weighted by atomic mass is 9.85. The number of likely N-dealkylation sites (tertiary alicyclic amines) is 1. The molecule has 1 N–H and O–H groups in total. The molecule has 1 fully saturated rings. The first-order chi connectivity index (χ1) is 21.8. The van der Waals surface area contributed by atoms with E-state index in [1.165, 1.54) is 15.2 Å². The van der Waals surface area contributed by atoms with Gasteiger partial charge in [0.2, 0.25) is 11.4 Å². The summed E-state index contributed by atoms with van der Waals surface area (Å²) in [6, 6.07) is 14.0. The maximum Gasteiger partial charge on any atom is 0.449 e. The zero-order valence-corrected chi connectivity index (χ0v) is 24.3. The smallest absolute Gasteiger partial charge is 0.449 e. The Hall–Kier alpha value is -4.17. The largest absolute Gasteiger partial charge is 0.455 e. The molecular weight excluding hydrogens is 621 g/mol. The van der Waals surface area contributed by atoms with Gasteiger partial charge in [-0.15, -0.1) is 0 Å². The molecule has 0 atom stereocenters. The first kappa shape index (κ1) is 31.8. The lowest BCUT2D eigenvalue weighted by Crippen LogP contribution is -2.49. The molecule has 0 aliphatic carbocycles. The summed E-state index contributed by atoms with van der Waals surface area (Å²) in [6.07, 6.45) is -8.60. The second-order valence-corrected chi connectivity index (χ2v) is 11.5. The summed E-state index contributed by atoms with van der Waals surface area (Å²) in [5.74, 6) is -2.06. The molecule has 1 spiro atoms. The molecule has 2 aromatic heterocycles. The molecule has 0 bridgehead atoms. The van der Waals surface area contributed by atoms with Gasteiger partial charge >= 0.3 is 12.4 Å². The maximum atomic E-state index is 15.0. The van der Waals surface area contributed by atoms with Crippen LogP contribution in [0.3, 0.4) is 0 Å². The van der Waals surface area contributed by atoms with Crippen LogP contribution in [0.5, 0.6) is 0 Å². The van der Waals surface area contributed by atoms with Crippen LogP contribution in [0.2, 0.25) is 0 Å². The van der Waals surface area contributed by atoms with Crippen LogP contribution < -0.4 is 11.2 Å². The van der Waals surface area contributed by atoms with Gasteiger partial charge in [-0.25, -0.2) is 4.39 Å². The molecule has 0 radical (unpaired) electrons. The van der Waals surface area contributed by atoms with E-state index in [4.69, 9.17) is 14.6 Å². The van der Waals surface area contributed by atoms with Crippen molar-refractivity contribution in [2.75, 3.05) is 13.1 Å². The highest BCUT2D eigenvalue weighted by Crippen LogP contribution is 2.43. The van der Waals surface area contributed by atoms with Crippen molar-refractivity contribution in [3.63, 3.8) is 0 Å². The van der Waals surface area contributed by atoms with Crippen molar-refractivity contribution in [3.05, 3.63) is 122 Å². The second kappa shape index (κ2) is 11.9. The van der Waals surface area contributed by atoms with Crippen LogP contribution in [0.1, 0.15) is 52.3 Å². The summed E-state index contributed by atoms with van der Waals surface area (Å²) in [7, 11) is 0. The number of nitrogens with one attached hydrogen (secondary N) is 1. The predicted octanol–water partition coefficient (Wildman–Crippen LogP) is 6.21. The van der Waals surface area contributed by atoms with Crippen molar-refractivity contribution in [1.82, 2.24) is 14.0 Å². The Balaban J connectivity index is 1.36. The van der Waals surface area contributed by atoms with Gasteiger partial charge in [0.25, 0.3) is 5.56 Å². The zero-order chi connectivity index (χ0) is 32.9. The number of furan rings is 1. The third-order valence-electron chi connectivity index (χ3n) is 8.72. The number of piperidine rings is 1. The predicted molar refractivity (Wildman–Crippen MR) is 150 cm³/mol. The summed E-state index contributed by atoms with van der Waals surface area (Å²) in [6.45, 7) is -0.0584. The number of halogens is 7. The molecule has 1 saturated heterocycles. The molecule has 2 aliphatic heterocycles. The summed E-state index contributed by atoms with van der Waals surface area (Å²) >= 11 is 0. The first-order valence-corrected chi connectivity index (χ1v) is 14.6. The minimum atomic E-state index is -4.86. The number of aryl methyl sites for hydroxylation is 1. The minimum absolute atomic E-state index is 0.0423. The molecule has 0 saturated carbocycles. The maximum absolute atomic E-state index is 15.0. The molecular formula is C32H29F7N4O3. The molecule has 2 aromatic carbocycles. The lowest BCUT2D eigenvalue weighted by molar-refractivity contribution is -0.153. The van der Waals surface area contributed by atoms with Gasteiger partial charge in [0.05, 0.1) is 36.5 Å². The van der Waals surface area contributed by atoms with Crippen LogP contribution in [0, 0.1) is 11.2 Å². The van der Waals surface area contributed by atoms with Crippen LogP contribution in [-0.4, -0.2) is 27.1 Å². The van der Waals surface area contributed by atoms with Gasteiger partial charge in [0.1, 0.15) is 17.2 Å². The standard InChI is InChI=1S/C32H29F7N4O3/c33-24-8-4-7-23(31(34,35)36)22(24)18-43-25-19-45-30(12-15-41(16-13-30)17-21-9-10-26(46-21)32(37,38)39)27(25)28(44)42(29(43)40)14-11-20-5-2-1-3-6-20/h1-10,40H,11-19H2. The number of hydrogen-bond acceptors (Lipinski definition) is 5. The van der Waals surface area contributed by atoms with Gasteiger partial charge < -0.3 is 13.7 Å². The van der Waals surface area contributed by atoms with Gasteiger partial charge in [0.15, 0.2) is 0 Å². The van der Waals surface area contributed by atoms with Crippen molar-refractivity contribution in [2.24, 2.45) is 0 Å². The highest BCUT2D eigenvalue weighted by atomic mass is 19.4. The summed E-state index contributed by atoms with van der Waals surface area (Å²) in [4.78, 5) is 16.0. The van der Waals surface area contributed by atoms with E-state index >= 15 is 0 Å². The monoisotopic (exact) mass is 650 g/mol. The minimum Gasteiger partial charge on any atom is -0.455 e. The first-order valence-electron chi connectivity index (χ1n) is 14.6. The number of nitrogens with zero attached hydrogens (tertiary/aromatic N) is 3. The number of aromatic nitrogens is 2. The Labute approximate surface area is 258 Å². The molecule has 2 aliphatic rings. The van der Waals surface area contributed by atoms with Crippen LogP contribution in [0.15, 0.2) is 69.9 Å². The molecule has 46 heavy (non-hydrogen) atoms. The number of ether oxygens (including phenoxy) is 1. The van der Waals surface area contributed by atoms with Gasteiger partial charge in [-0.05, 0) is 49.1 Å². The quantitative estimate of drug-likeness (QED) is 0.242. The number of rotatable bonds is 7. The van der Waals surface area contributed by atoms with E-state index in [0.717, 1.165) is 29.8 Å². The molecule has 244 valence electrons. The second-order valence-electron chi connectivity index (χ2n) is 11.5. The Kier molecular flexibility index (Phi) is 8.21. The Morgan fingerprint density at radius 2 is 1.57 bits per heavy atom. The Morgan fingerprint density at radius 3 is 2.22 bits per heavy atom. The number of alkyl halides is 6. The van der Waals surface area contributed by atoms with E-state index in [-0.39, 0.29) is 55.2 Å². The van der Waals surface area contributed by atoms with E-state index in [1.54, 1.807) is 0 Å². The fraction of sp³-hybridized carbons (Fsp3) is 0.375. The van der Waals surface area contributed by atoms with Crippen LogP contribution in [0.25, 0.3) is 0 Å². The number of hydrogen-bond donors (Lipinski definition) is 1. The van der Waals surface area contributed by atoms with E-state index < -0.39 is 52.8 Å². The summed E-state index contributed by atoms with van der Waals surface area (Å²) in [5.41, 5.74) is -2.58. The molecule has 0 unspecified atom stereocenters. The zero-order valence-electron chi connectivity index (χ0n) is 24.3. The summed E-state index contributed by atoms with van der Waals surface area (Å²) in [5, 5.41) is 8.94. The highest BCUT2D eigenvalue weighted by molar-refractivity contribution is 5.35. The molecule has 14 heteroatoms. The van der Waals surface area contributed by atoms with Crippen molar-refractivity contribution in [2.45, 2.75) is 63.5 Å². The van der Waals surface area contributed by atoms with Gasteiger partial charge in [0, 0.05) is 25.2 Å². The average molecular weight is 651 g/mol. The Bertz CT molecular complexity index is 1850. The van der Waals surface area contributed by atoms with Crippen molar-refractivity contribution < 1.29 is 39.9 Å². The fourth-order valence-electron chi connectivity index (χ4n) is 6.36. The van der Waals surface area contributed by atoms with Gasteiger partial charge in [-0.1, -0.05) is 36.4 Å². The van der Waals surface area contributed by atoms with Crippen LogP contribution >= 0.6 is 0 Å². The highest BCUT2D eigenvalue weighted by Gasteiger charge is 2.47. The molecule has 4 aromatic rings. The van der Waals surface area contributed by atoms with Crippen molar-refractivity contribution >= 4 is 0 Å². The Morgan fingerprint density at radius 1 is 0.848 bits per heavy atom. The van der Waals surface area contributed by atoms with Crippen molar-refractivity contribution in [1.29, 1.82) is 5.41 Å². The van der Waals surface area contributed by atoms with E-state index in [1.807, 2.05) is 35.2 Å². The van der Waals surface area contributed by atoms with E-state index in [0.29, 0.717) is 19.5 Å². The van der Waals surface area contributed by atoms with Gasteiger partial charge in [-0.3, -0.25) is 19.7 Å². The molecule has 6 rings (SSSR count). The van der Waals surface area contributed by atoms with E-state index in [2.05, 4.69) is 0 Å². The van der Waals surface area contributed by atoms with Crippen molar-refractivity contribution in [3.8, 4) is 0 Å². The molecule has 0 amide bonds. The normalized spacial score (nSPS) is 16.7. The molecule has 4 heterocycles. The number of benzene rings is 2. The van der Waals surface area contributed by atoms with E-state index in [9.17, 15) is 35.5 Å². The SMILES string of the molecule is N=c1n(Cc2c(F)cccc2C(F)(F)F)c2c(c(=O)n1CCc1ccccc1)C1(CCN(Cc3ccc(C(F)(F)F)o3)CC1)OC2. The third kappa shape index (κ3) is 6.03. The average Bonchev–Trinajstić information content (AvgIpc) is 3.63. The topological polar surface area (TPSA) is 76.4 Å². The fourth-order valence-corrected chi connectivity index (χ4v) is 6.36. The lowest BCUT2D eigenvalue weighted by Gasteiger charge is -2.38.